The van der Waals surface area contributed by atoms with E-state index < -0.39 is 34.8 Å². The van der Waals surface area contributed by atoms with Crippen LogP contribution in [-0.4, -0.2) is 15.7 Å². The second-order valence-electron chi connectivity index (χ2n) is 6.59. The molecule has 0 unspecified atom stereocenters. The van der Waals surface area contributed by atoms with Crippen LogP contribution in [0.3, 0.4) is 0 Å². The third kappa shape index (κ3) is 3.63. The summed E-state index contributed by atoms with van der Waals surface area (Å²) in [6.45, 7) is 0.0301. The predicted molar refractivity (Wildman–Crippen MR) is 104 cm³/mol. The minimum absolute atomic E-state index is 0.0301. The van der Waals surface area contributed by atoms with Crippen LogP contribution < -0.4 is 5.32 Å². The number of aromatic nitrogens is 2. The van der Waals surface area contributed by atoms with Gasteiger partial charge < -0.3 is 5.32 Å². The molecule has 1 aromatic heterocycles. The number of benzene rings is 3. The molecule has 4 aromatic rings. The Morgan fingerprint density at radius 3 is 2.43 bits per heavy atom. The zero-order valence-corrected chi connectivity index (χ0v) is 15.4. The molecule has 1 heterocycles. The minimum Gasteiger partial charge on any atom is -0.348 e. The molecule has 0 aliphatic heterocycles. The molecular weight excluding hydrogens is 398 g/mol. The van der Waals surface area contributed by atoms with Crippen molar-refractivity contribution in [1.29, 1.82) is 0 Å². The van der Waals surface area contributed by atoms with Crippen molar-refractivity contribution in [3.05, 3.63) is 95.6 Å². The van der Waals surface area contributed by atoms with Crippen LogP contribution in [0.4, 0.5) is 17.6 Å². The summed E-state index contributed by atoms with van der Waals surface area (Å²) in [6.07, 6.45) is -4.11. The van der Waals surface area contributed by atoms with E-state index in [1.807, 2.05) is 30.3 Å². The summed E-state index contributed by atoms with van der Waals surface area (Å²) >= 11 is 0. The first-order valence-electron chi connectivity index (χ1n) is 9.01. The fourth-order valence-electron chi connectivity index (χ4n) is 3.31. The predicted octanol–water partition coefficient (Wildman–Crippen LogP) is 5.11. The molecular formula is C22H15F4N3O. The van der Waals surface area contributed by atoms with Gasteiger partial charge in [0.05, 0.1) is 11.8 Å². The van der Waals surface area contributed by atoms with Crippen molar-refractivity contribution in [2.75, 3.05) is 0 Å². The Balaban J connectivity index is 1.67. The maximum absolute atomic E-state index is 14.0. The Kier molecular flexibility index (Phi) is 4.99. The van der Waals surface area contributed by atoms with Crippen LogP contribution >= 0.6 is 0 Å². The van der Waals surface area contributed by atoms with Gasteiger partial charge in [-0.1, -0.05) is 54.6 Å². The fourth-order valence-corrected chi connectivity index (χ4v) is 3.31. The van der Waals surface area contributed by atoms with Gasteiger partial charge in [0.25, 0.3) is 5.91 Å². The molecule has 30 heavy (non-hydrogen) atoms. The van der Waals surface area contributed by atoms with E-state index in [-0.39, 0.29) is 6.54 Å². The highest BCUT2D eigenvalue weighted by atomic mass is 19.4. The average molecular weight is 413 g/mol. The summed E-state index contributed by atoms with van der Waals surface area (Å²) in [5, 5.41) is 7.99. The Hall–Kier alpha value is -3.68. The van der Waals surface area contributed by atoms with Crippen LogP contribution in [-0.2, 0) is 12.7 Å². The van der Waals surface area contributed by atoms with Crippen molar-refractivity contribution >= 4 is 16.7 Å². The Morgan fingerprint density at radius 2 is 1.67 bits per heavy atom. The first-order valence-corrected chi connectivity index (χ1v) is 9.01. The van der Waals surface area contributed by atoms with Gasteiger partial charge in [-0.15, -0.1) is 0 Å². The topological polar surface area (TPSA) is 46.9 Å². The molecule has 0 spiro atoms. The number of nitrogens with zero attached hydrogens (tertiary/aromatic N) is 2. The Bertz CT molecular complexity index is 1230. The summed E-state index contributed by atoms with van der Waals surface area (Å²) < 4.78 is 55.6. The summed E-state index contributed by atoms with van der Waals surface area (Å²) in [6, 6.07) is 17.9. The van der Waals surface area contributed by atoms with Crippen molar-refractivity contribution in [3.8, 4) is 5.69 Å². The van der Waals surface area contributed by atoms with Gasteiger partial charge in [0.15, 0.2) is 5.69 Å². The molecule has 0 atom stereocenters. The number of halogens is 4. The zero-order chi connectivity index (χ0) is 21.3. The minimum atomic E-state index is -4.91. The number of hydrogen-bond donors (Lipinski definition) is 1. The van der Waals surface area contributed by atoms with Crippen LogP contribution in [0.2, 0.25) is 0 Å². The van der Waals surface area contributed by atoms with E-state index in [9.17, 15) is 22.4 Å². The number of alkyl halides is 3. The molecule has 0 saturated heterocycles. The lowest BCUT2D eigenvalue weighted by atomic mass is 10.0. The van der Waals surface area contributed by atoms with E-state index in [1.165, 1.54) is 12.1 Å². The molecule has 4 nitrogen and oxygen atoms in total. The standard InChI is InChI=1S/C22H15F4N3O/c23-18-10-3-4-11-19(18)29-20(22(24,25)26)17(13-28-29)21(30)27-12-15-8-5-7-14-6-1-2-9-16(14)15/h1-11,13H,12H2,(H,27,30). The highest BCUT2D eigenvalue weighted by Crippen LogP contribution is 2.34. The van der Waals surface area contributed by atoms with Gasteiger partial charge in [0, 0.05) is 6.54 Å². The molecule has 4 rings (SSSR count). The van der Waals surface area contributed by atoms with Gasteiger partial charge in [-0.2, -0.15) is 18.3 Å². The van der Waals surface area contributed by atoms with Gasteiger partial charge in [0.2, 0.25) is 0 Å². The van der Waals surface area contributed by atoms with E-state index in [4.69, 9.17) is 0 Å². The van der Waals surface area contributed by atoms with Crippen molar-refractivity contribution in [1.82, 2.24) is 15.1 Å². The maximum Gasteiger partial charge on any atom is 0.434 e. The molecule has 0 fully saturated rings. The summed E-state index contributed by atoms with van der Waals surface area (Å²) in [5.74, 6) is -1.83. The molecule has 0 radical (unpaired) electrons. The van der Waals surface area contributed by atoms with E-state index in [0.29, 0.717) is 4.68 Å². The number of para-hydroxylation sites is 1. The number of fused-ring (bicyclic) bond motifs is 1. The molecule has 0 bridgehead atoms. The van der Waals surface area contributed by atoms with Crippen LogP contribution in [0, 0.1) is 5.82 Å². The van der Waals surface area contributed by atoms with Gasteiger partial charge in [-0.25, -0.2) is 9.07 Å². The highest BCUT2D eigenvalue weighted by Gasteiger charge is 2.41. The van der Waals surface area contributed by atoms with E-state index in [0.717, 1.165) is 34.7 Å². The normalized spacial score (nSPS) is 11.6. The molecule has 0 saturated carbocycles. The Labute approximate surface area is 168 Å². The highest BCUT2D eigenvalue weighted by molar-refractivity contribution is 5.96. The third-order valence-electron chi connectivity index (χ3n) is 4.68. The van der Waals surface area contributed by atoms with Gasteiger partial charge >= 0.3 is 6.18 Å². The van der Waals surface area contributed by atoms with Gasteiger partial charge in [-0.05, 0) is 28.5 Å². The van der Waals surface area contributed by atoms with Crippen molar-refractivity contribution in [3.63, 3.8) is 0 Å². The molecule has 3 aromatic carbocycles. The smallest absolute Gasteiger partial charge is 0.348 e. The van der Waals surface area contributed by atoms with Crippen LogP contribution in [0.1, 0.15) is 21.6 Å². The molecule has 1 N–H and O–H groups in total. The van der Waals surface area contributed by atoms with E-state index in [2.05, 4.69) is 10.4 Å². The average Bonchev–Trinajstić information content (AvgIpc) is 3.18. The first kappa shape index (κ1) is 19.6. The van der Waals surface area contributed by atoms with Gasteiger partial charge in [0.1, 0.15) is 11.5 Å². The maximum atomic E-state index is 14.0. The van der Waals surface area contributed by atoms with Crippen molar-refractivity contribution in [2.45, 2.75) is 12.7 Å². The van der Waals surface area contributed by atoms with Crippen LogP contribution in [0.15, 0.2) is 72.9 Å². The lowest BCUT2D eigenvalue weighted by molar-refractivity contribution is -0.143. The number of rotatable bonds is 4. The fraction of sp³-hybridized carbons (Fsp3) is 0.0909. The second kappa shape index (κ2) is 7.62. The van der Waals surface area contributed by atoms with E-state index in [1.54, 1.807) is 12.1 Å². The first-order chi connectivity index (χ1) is 14.4. The number of hydrogen-bond acceptors (Lipinski definition) is 2. The summed E-state index contributed by atoms with van der Waals surface area (Å²) in [7, 11) is 0. The SMILES string of the molecule is O=C(NCc1cccc2ccccc12)c1cnn(-c2ccccc2F)c1C(F)(F)F. The molecule has 0 aliphatic carbocycles. The lowest BCUT2D eigenvalue weighted by Crippen LogP contribution is -2.26. The second-order valence-corrected chi connectivity index (χ2v) is 6.59. The molecule has 1 amide bonds. The monoisotopic (exact) mass is 413 g/mol. The van der Waals surface area contributed by atoms with E-state index >= 15 is 0 Å². The third-order valence-corrected chi connectivity index (χ3v) is 4.68. The van der Waals surface area contributed by atoms with Crippen LogP contribution in [0.5, 0.6) is 0 Å². The summed E-state index contributed by atoms with van der Waals surface area (Å²) in [5.41, 5.74) is -1.64. The molecule has 152 valence electrons. The zero-order valence-electron chi connectivity index (χ0n) is 15.4. The lowest BCUT2D eigenvalue weighted by Gasteiger charge is -2.13. The van der Waals surface area contributed by atoms with Crippen molar-refractivity contribution in [2.24, 2.45) is 0 Å². The number of carbonyl (C=O) groups excluding carboxylic acids is 1. The van der Waals surface area contributed by atoms with Gasteiger partial charge in [-0.3, -0.25) is 4.79 Å². The molecule has 8 heteroatoms. The van der Waals surface area contributed by atoms with Crippen LogP contribution in [0.25, 0.3) is 16.5 Å². The summed E-state index contributed by atoms with van der Waals surface area (Å²) in [4.78, 5) is 12.6. The number of nitrogens with one attached hydrogen (secondary N) is 1. The number of carbonyl (C=O) groups is 1. The number of amides is 1. The Morgan fingerprint density at radius 1 is 0.967 bits per heavy atom. The largest absolute Gasteiger partial charge is 0.434 e. The quantitative estimate of drug-likeness (QED) is 0.473. The molecule has 0 aliphatic rings. The van der Waals surface area contributed by atoms with Crippen molar-refractivity contribution < 1.29 is 22.4 Å².